The number of rotatable bonds is 4. The number of pyridine rings is 1. The highest BCUT2D eigenvalue weighted by molar-refractivity contribution is 9.10. The van der Waals surface area contributed by atoms with E-state index in [2.05, 4.69) is 37.5 Å². The minimum absolute atomic E-state index is 0.130. The molecule has 0 fully saturated rings. The van der Waals surface area contributed by atoms with Crippen LogP contribution in [0.1, 0.15) is 29.8 Å². The van der Waals surface area contributed by atoms with Gasteiger partial charge in [-0.15, -0.1) is 0 Å². The smallest absolute Gasteiger partial charge is 0.0904 e. The first-order valence-electron chi connectivity index (χ1n) is 5.76. The summed E-state index contributed by atoms with van der Waals surface area (Å²) < 4.78 is 2.85. The van der Waals surface area contributed by atoms with Crippen molar-refractivity contribution in [1.29, 1.82) is 0 Å². The van der Waals surface area contributed by atoms with Crippen molar-refractivity contribution in [2.24, 2.45) is 5.84 Å². The summed E-state index contributed by atoms with van der Waals surface area (Å²) in [6, 6.07) is 1.94. The molecule has 2 rings (SSSR count). The average Bonchev–Trinajstić information content (AvgIpc) is 2.72. The van der Waals surface area contributed by atoms with Crippen LogP contribution in [0.25, 0.3) is 0 Å². The van der Waals surface area contributed by atoms with Gasteiger partial charge in [0.15, 0.2) is 0 Å². The van der Waals surface area contributed by atoms with E-state index in [0.29, 0.717) is 0 Å². The Labute approximate surface area is 115 Å². The lowest BCUT2D eigenvalue weighted by Crippen LogP contribution is -2.31. The van der Waals surface area contributed by atoms with Crippen molar-refractivity contribution in [3.63, 3.8) is 0 Å². The van der Waals surface area contributed by atoms with Crippen LogP contribution in [0.2, 0.25) is 0 Å². The summed E-state index contributed by atoms with van der Waals surface area (Å²) >= 11 is 3.52. The molecule has 0 saturated heterocycles. The van der Waals surface area contributed by atoms with E-state index in [9.17, 15) is 0 Å². The fourth-order valence-electron chi connectivity index (χ4n) is 1.98. The molecule has 0 aliphatic rings. The SMILES string of the molecule is CCn1ncc(Br)c1C(NN)c1cncc(C)c1. The lowest BCUT2D eigenvalue weighted by Gasteiger charge is -2.18. The minimum atomic E-state index is -0.130. The molecule has 0 spiro atoms. The number of nitrogens with zero attached hydrogens (tertiary/aromatic N) is 3. The second-order valence-corrected chi connectivity index (χ2v) is 4.94. The molecule has 3 N–H and O–H groups in total. The monoisotopic (exact) mass is 309 g/mol. The van der Waals surface area contributed by atoms with Crippen LogP contribution >= 0.6 is 15.9 Å². The summed E-state index contributed by atoms with van der Waals surface area (Å²) in [6.45, 7) is 4.85. The van der Waals surface area contributed by atoms with Crippen LogP contribution in [0.3, 0.4) is 0 Å². The van der Waals surface area contributed by atoms with Gasteiger partial charge in [-0.3, -0.25) is 15.5 Å². The van der Waals surface area contributed by atoms with Gasteiger partial charge in [0.1, 0.15) is 0 Å². The molecule has 1 unspecified atom stereocenters. The number of aromatic nitrogens is 3. The summed E-state index contributed by atoms with van der Waals surface area (Å²) in [6.07, 6.45) is 5.42. The molecule has 0 radical (unpaired) electrons. The van der Waals surface area contributed by atoms with Gasteiger partial charge >= 0.3 is 0 Å². The Bertz CT molecular complexity index is 537. The van der Waals surface area contributed by atoms with Gasteiger partial charge in [-0.05, 0) is 40.9 Å². The number of nitrogens with one attached hydrogen (secondary N) is 1. The first-order chi connectivity index (χ1) is 8.67. The van der Waals surface area contributed by atoms with Gasteiger partial charge < -0.3 is 0 Å². The Kier molecular flexibility index (Phi) is 4.11. The Morgan fingerprint density at radius 2 is 2.22 bits per heavy atom. The van der Waals surface area contributed by atoms with E-state index >= 15 is 0 Å². The van der Waals surface area contributed by atoms with Crippen LogP contribution in [-0.2, 0) is 6.54 Å². The van der Waals surface area contributed by atoms with Crippen LogP contribution in [-0.4, -0.2) is 14.8 Å². The highest BCUT2D eigenvalue weighted by Crippen LogP contribution is 2.28. The van der Waals surface area contributed by atoms with Crippen molar-refractivity contribution in [1.82, 2.24) is 20.2 Å². The Morgan fingerprint density at radius 1 is 1.44 bits per heavy atom. The van der Waals surface area contributed by atoms with Gasteiger partial charge in [0.2, 0.25) is 0 Å². The predicted molar refractivity (Wildman–Crippen MR) is 73.7 cm³/mol. The van der Waals surface area contributed by atoms with Crippen molar-refractivity contribution < 1.29 is 0 Å². The maximum absolute atomic E-state index is 5.70. The molecular formula is C12H16BrN5. The van der Waals surface area contributed by atoms with Crippen molar-refractivity contribution in [3.05, 3.63) is 46.0 Å². The molecule has 0 amide bonds. The van der Waals surface area contributed by atoms with E-state index in [1.807, 2.05) is 30.9 Å². The summed E-state index contributed by atoms with van der Waals surface area (Å²) in [7, 11) is 0. The number of hydrogen-bond acceptors (Lipinski definition) is 4. The minimum Gasteiger partial charge on any atom is -0.271 e. The standard InChI is InChI=1S/C12H16BrN5/c1-3-18-12(10(13)7-16-18)11(17-14)9-4-8(2)5-15-6-9/h4-7,11,17H,3,14H2,1-2H3. The number of aryl methyl sites for hydroxylation is 2. The van der Waals surface area contributed by atoms with Gasteiger partial charge in [-0.25, -0.2) is 5.43 Å². The molecule has 18 heavy (non-hydrogen) atoms. The first kappa shape index (κ1) is 13.2. The molecule has 2 aromatic rings. The quantitative estimate of drug-likeness (QED) is 0.669. The van der Waals surface area contributed by atoms with Gasteiger partial charge in [0.25, 0.3) is 0 Å². The van der Waals surface area contributed by atoms with E-state index < -0.39 is 0 Å². The molecule has 0 saturated carbocycles. The Morgan fingerprint density at radius 3 is 2.83 bits per heavy atom. The van der Waals surface area contributed by atoms with Crippen LogP contribution in [0.5, 0.6) is 0 Å². The maximum Gasteiger partial charge on any atom is 0.0904 e. The topological polar surface area (TPSA) is 68.8 Å². The van der Waals surface area contributed by atoms with E-state index in [-0.39, 0.29) is 6.04 Å². The van der Waals surface area contributed by atoms with Crippen LogP contribution in [0.4, 0.5) is 0 Å². The third-order valence-corrected chi connectivity index (χ3v) is 3.41. The van der Waals surface area contributed by atoms with Crippen LogP contribution < -0.4 is 11.3 Å². The first-order valence-corrected chi connectivity index (χ1v) is 6.55. The number of nitrogens with two attached hydrogens (primary N) is 1. The molecule has 1 atom stereocenters. The highest BCUT2D eigenvalue weighted by Gasteiger charge is 2.20. The predicted octanol–water partition coefficient (Wildman–Crippen LogP) is 1.92. The average molecular weight is 310 g/mol. The maximum atomic E-state index is 5.70. The van der Waals surface area contributed by atoms with E-state index in [4.69, 9.17) is 5.84 Å². The summed E-state index contributed by atoms with van der Waals surface area (Å²) in [5, 5.41) is 4.30. The van der Waals surface area contributed by atoms with E-state index in [0.717, 1.165) is 27.8 Å². The van der Waals surface area contributed by atoms with Gasteiger partial charge in [-0.2, -0.15) is 5.10 Å². The third kappa shape index (κ3) is 2.45. The van der Waals surface area contributed by atoms with Gasteiger partial charge in [0, 0.05) is 18.9 Å². The van der Waals surface area contributed by atoms with Crippen molar-refractivity contribution in [2.45, 2.75) is 26.4 Å². The molecule has 2 aromatic heterocycles. The third-order valence-electron chi connectivity index (χ3n) is 2.80. The van der Waals surface area contributed by atoms with E-state index in [1.165, 1.54) is 0 Å². The van der Waals surface area contributed by atoms with Crippen molar-refractivity contribution >= 4 is 15.9 Å². The molecule has 0 bridgehead atoms. The zero-order valence-electron chi connectivity index (χ0n) is 10.4. The zero-order chi connectivity index (χ0) is 13.1. The highest BCUT2D eigenvalue weighted by atomic mass is 79.9. The molecule has 6 heteroatoms. The largest absolute Gasteiger partial charge is 0.271 e. The second kappa shape index (κ2) is 5.60. The number of halogens is 1. The van der Waals surface area contributed by atoms with Gasteiger partial charge in [-0.1, -0.05) is 6.07 Å². The fourth-order valence-corrected chi connectivity index (χ4v) is 2.51. The summed E-state index contributed by atoms with van der Waals surface area (Å²) in [4.78, 5) is 4.21. The van der Waals surface area contributed by atoms with Gasteiger partial charge in [0.05, 0.1) is 22.4 Å². The van der Waals surface area contributed by atoms with Crippen LogP contribution in [0, 0.1) is 6.92 Å². The molecule has 0 aromatic carbocycles. The van der Waals surface area contributed by atoms with Crippen molar-refractivity contribution in [2.75, 3.05) is 0 Å². The molecule has 96 valence electrons. The van der Waals surface area contributed by atoms with E-state index in [1.54, 1.807) is 6.20 Å². The Balaban J connectivity index is 2.48. The molecular weight excluding hydrogens is 294 g/mol. The number of hydrogen-bond donors (Lipinski definition) is 2. The zero-order valence-corrected chi connectivity index (χ0v) is 12.0. The van der Waals surface area contributed by atoms with Crippen molar-refractivity contribution in [3.8, 4) is 0 Å². The lowest BCUT2D eigenvalue weighted by molar-refractivity contribution is 0.540. The molecule has 5 nitrogen and oxygen atoms in total. The molecule has 0 aliphatic heterocycles. The lowest BCUT2D eigenvalue weighted by atomic mass is 10.1. The van der Waals surface area contributed by atoms with Crippen LogP contribution in [0.15, 0.2) is 29.1 Å². The second-order valence-electron chi connectivity index (χ2n) is 4.09. The normalized spacial score (nSPS) is 12.7. The number of hydrazine groups is 1. The fraction of sp³-hybridized carbons (Fsp3) is 0.333. The summed E-state index contributed by atoms with van der Waals surface area (Å²) in [5.41, 5.74) is 5.96. The molecule has 2 heterocycles. The molecule has 0 aliphatic carbocycles. The summed E-state index contributed by atoms with van der Waals surface area (Å²) in [5.74, 6) is 5.70. The Hall–Kier alpha value is -1.24.